The maximum Gasteiger partial charge on any atom is 0.255 e. The molecule has 0 aliphatic carbocycles. The van der Waals surface area contributed by atoms with Crippen molar-refractivity contribution in [3.05, 3.63) is 153 Å². The Kier molecular flexibility index (Phi) is 10.3. The molecular formula is C42H44N2O4. The maximum atomic E-state index is 13.4. The third-order valence-electron chi connectivity index (χ3n) is 9.23. The number of phenolic OH excluding ortho intramolecular Hbond substituents is 2. The molecule has 0 aliphatic rings. The van der Waals surface area contributed by atoms with E-state index < -0.39 is 0 Å². The van der Waals surface area contributed by atoms with Gasteiger partial charge in [-0.15, -0.1) is 0 Å². The number of carbonyl (C=O) groups excluding carboxylic acids is 2. The lowest BCUT2D eigenvalue weighted by molar-refractivity contribution is 0.102. The minimum absolute atomic E-state index is 0.258. The van der Waals surface area contributed by atoms with Gasteiger partial charge in [-0.2, -0.15) is 0 Å². The first kappa shape index (κ1) is 34.0. The van der Waals surface area contributed by atoms with Crippen LogP contribution in [0.15, 0.2) is 97.1 Å². The Hall–Kier alpha value is -5.36. The second-order valence-corrected chi connectivity index (χ2v) is 13.1. The maximum absolute atomic E-state index is 13.4. The van der Waals surface area contributed by atoms with E-state index in [1.54, 1.807) is 48.5 Å². The van der Waals surface area contributed by atoms with Gasteiger partial charge in [0.15, 0.2) is 0 Å². The Morgan fingerprint density at radius 1 is 0.542 bits per heavy atom. The Bertz CT molecular complexity index is 1810. The number of phenols is 2. The molecule has 5 aromatic carbocycles. The molecule has 0 aromatic heterocycles. The first-order valence-electron chi connectivity index (χ1n) is 16.4. The molecule has 6 nitrogen and oxygen atoms in total. The van der Waals surface area contributed by atoms with Crippen LogP contribution >= 0.6 is 0 Å². The Balaban J connectivity index is 1.24. The van der Waals surface area contributed by atoms with Crippen molar-refractivity contribution >= 4 is 23.2 Å². The van der Waals surface area contributed by atoms with Crippen molar-refractivity contribution in [3.8, 4) is 11.5 Å². The highest BCUT2D eigenvalue weighted by Gasteiger charge is 2.17. The minimum atomic E-state index is -0.281. The van der Waals surface area contributed by atoms with Gasteiger partial charge in [0.1, 0.15) is 11.5 Å². The van der Waals surface area contributed by atoms with Gasteiger partial charge in [-0.3, -0.25) is 9.59 Å². The summed E-state index contributed by atoms with van der Waals surface area (Å²) in [5, 5.41) is 25.3. The van der Waals surface area contributed by atoms with Crippen LogP contribution in [0.2, 0.25) is 0 Å². The molecule has 246 valence electrons. The van der Waals surface area contributed by atoms with E-state index in [-0.39, 0.29) is 35.1 Å². The van der Waals surface area contributed by atoms with Gasteiger partial charge in [0.25, 0.3) is 11.8 Å². The number of anilines is 2. The van der Waals surface area contributed by atoms with Crippen LogP contribution in [-0.4, -0.2) is 22.0 Å². The van der Waals surface area contributed by atoms with Gasteiger partial charge >= 0.3 is 0 Å². The molecule has 0 saturated carbocycles. The van der Waals surface area contributed by atoms with E-state index in [0.29, 0.717) is 11.1 Å². The molecule has 5 aromatic rings. The van der Waals surface area contributed by atoms with E-state index in [9.17, 15) is 19.8 Å². The zero-order valence-electron chi connectivity index (χ0n) is 28.5. The number of hydrogen-bond donors (Lipinski definition) is 4. The molecule has 0 saturated heterocycles. The van der Waals surface area contributed by atoms with E-state index in [0.717, 1.165) is 57.6 Å². The molecule has 2 atom stereocenters. The number of nitrogens with one attached hydrogen (secondary N) is 2. The third-order valence-corrected chi connectivity index (χ3v) is 9.23. The van der Waals surface area contributed by atoms with Crippen LogP contribution < -0.4 is 10.6 Å². The Morgan fingerprint density at radius 3 is 1.29 bits per heavy atom. The molecule has 6 heteroatoms. The average molecular weight is 641 g/mol. The molecule has 5 rings (SSSR count). The molecule has 0 spiro atoms. The summed E-state index contributed by atoms with van der Waals surface area (Å²) in [5.41, 5.74) is 11.1. The quantitative estimate of drug-likeness (QED) is 0.122. The summed E-state index contributed by atoms with van der Waals surface area (Å²) in [5.74, 6) is 0.489. The van der Waals surface area contributed by atoms with Gasteiger partial charge in [-0.05, 0) is 151 Å². The molecule has 0 radical (unpaired) electrons. The number of aryl methyl sites for hydroxylation is 4. The summed E-state index contributed by atoms with van der Waals surface area (Å²) in [7, 11) is 0. The minimum Gasteiger partial charge on any atom is -0.508 e. The Labute approximate surface area is 283 Å². The third kappa shape index (κ3) is 8.13. The lowest BCUT2D eigenvalue weighted by Crippen LogP contribution is -2.17. The number of amides is 2. The van der Waals surface area contributed by atoms with Crippen LogP contribution in [0.3, 0.4) is 0 Å². The fourth-order valence-corrected chi connectivity index (χ4v) is 6.15. The first-order valence-corrected chi connectivity index (χ1v) is 16.4. The standard InChI is InChI=1S/C42H44N2O4/c1-25(31-10-14-37(45)15-11-31)18-35-20-29(5)39(22-27(35)3)43-41(47)33-8-7-9-34(24-33)42(48)44-40-23-28(4)36(21-30(40)6)19-26(2)32-12-16-38(46)17-13-32/h7-17,20-26,45-46H,18-19H2,1-6H3,(H,43,47)(H,44,48). The Morgan fingerprint density at radius 2 is 0.917 bits per heavy atom. The summed E-state index contributed by atoms with van der Waals surface area (Å²) in [4.78, 5) is 26.7. The predicted molar refractivity (Wildman–Crippen MR) is 195 cm³/mol. The molecule has 0 bridgehead atoms. The van der Waals surface area contributed by atoms with E-state index in [2.05, 4.69) is 36.6 Å². The molecule has 4 N–H and O–H groups in total. The van der Waals surface area contributed by atoms with Crippen molar-refractivity contribution in [1.82, 2.24) is 0 Å². The SMILES string of the molecule is Cc1cc(NC(=O)c2cccc(C(=O)Nc3cc(C)c(CC(C)c4ccc(O)cc4)cc3C)c2)c(C)cc1CC(C)c1ccc(O)cc1. The van der Waals surface area contributed by atoms with Crippen LogP contribution in [0.5, 0.6) is 11.5 Å². The molecule has 2 amide bonds. The van der Waals surface area contributed by atoms with Crippen LogP contribution in [0.4, 0.5) is 11.4 Å². The van der Waals surface area contributed by atoms with Crippen LogP contribution in [-0.2, 0) is 12.8 Å². The summed E-state index contributed by atoms with van der Waals surface area (Å²) in [6.45, 7) is 12.4. The van der Waals surface area contributed by atoms with Crippen LogP contribution in [0, 0.1) is 27.7 Å². The number of rotatable bonds is 10. The van der Waals surface area contributed by atoms with Crippen LogP contribution in [0.1, 0.15) is 90.9 Å². The van der Waals surface area contributed by atoms with E-state index in [1.807, 2.05) is 64.1 Å². The fraction of sp³-hybridized carbons (Fsp3) is 0.238. The van der Waals surface area contributed by atoms with Crippen molar-refractivity contribution in [2.45, 2.75) is 66.2 Å². The summed E-state index contributed by atoms with van der Waals surface area (Å²) >= 11 is 0. The van der Waals surface area contributed by atoms with Gasteiger partial charge in [-0.25, -0.2) is 0 Å². The van der Waals surface area contributed by atoms with Gasteiger partial charge in [0, 0.05) is 22.5 Å². The number of carbonyl (C=O) groups is 2. The van der Waals surface area contributed by atoms with Gasteiger partial charge in [0.2, 0.25) is 0 Å². The zero-order chi connectivity index (χ0) is 34.5. The topological polar surface area (TPSA) is 98.7 Å². The number of hydrogen-bond acceptors (Lipinski definition) is 4. The summed E-state index contributed by atoms with van der Waals surface area (Å²) in [6, 6.07) is 29.7. The average Bonchev–Trinajstić information content (AvgIpc) is 3.06. The smallest absolute Gasteiger partial charge is 0.255 e. The van der Waals surface area contributed by atoms with E-state index >= 15 is 0 Å². The predicted octanol–water partition coefficient (Wildman–Crippen LogP) is 9.53. The van der Waals surface area contributed by atoms with Gasteiger partial charge < -0.3 is 20.8 Å². The van der Waals surface area contributed by atoms with E-state index in [4.69, 9.17) is 0 Å². The summed E-state index contributed by atoms with van der Waals surface area (Å²) < 4.78 is 0. The lowest BCUT2D eigenvalue weighted by Gasteiger charge is -2.18. The fourth-order valence-electron chi connectivity index (χ4n) is 6.15. The van der Waals surface area contributed by atoms with Crippen molar-refractivity contribution in [1.29, 1.82) is 0 Å². The second-order valence-electron chi connectivity index (χ2n) is 13.1. The lowest BCUT2D eigenvalue weighted by atomic mass is 9.90. The highest BCUT2D eigenvalue weighted by Crippen LogP contribution is 2.29. The van der Waals surface area contributed by atoms with Gasteiger partial charge in [-0.1, -0.05) is 56.3 Å². The number of aromatic hydroxyl groups is 2. The van der Waals surface area contributed by atoms with Crippen molar-refractivity contribution < 1.29 is 19.8 Å². The zero-order valence-corrected chi connectivity index (χ0v) is 28.5. The van der Waals surface area contributed by atoms with Crippen molar-refractivity contribution in [3.63, 3.8) is 0 Å². The van der Waals surface area contributed by atoms with Crippen LogP contribution in [0.25, 0.3) is 0 Å². The van der Waals surface area contributed by atoms with Gasteiger partial charge in [0.05, 0.1) is 0 Å². The first-order chi connectivity index (χ1) is 22.9. The largest absolute Gasteiger partial charge is 0.508 e. The second kappa shape index (κ2) is 14.6. The highest BCUT2D eigenvalue weighted by atomic mass is 16.3. The normalized spacial score (nSPS) is 12.3. The summed E-state index contributed by atoms with van der Waals surface area (Å²) in [6.07, 6.45) is 1.67. The van der Waals surface area contributed by atoms with Crippen molar-refractivity contribution in [2.75, 3.05) is 10.6 Å². The molecule has 0 aliphatic heterocycles. The van der Waals surface area contributed by atoms with Crippen molar-refractivity contribution in [2.24, 2.45) is 0 Å². The van der Waals surface area contributed by atoms with E-state index in [1.165, 1.54) is 11.1 Å². The molecular weight excluding hydrogens is 596 g/mol. The highest BCUT2D eigenvalue weighted by molar-refractivity contribution is 6.09. The monoisotopic (exact) mass is 640 g/mol. The number of benzene rings is 5. The molecule has 48 heavy (non-hydrogen) atoms. The molecule has 0 heterocycles. The molecule has 0 fully saturated rings. The molecule has 2 unspecified atom stereocenters.